The van der Waals surface area contributed by atoms with Gasteiger partial charge in [0.15, 0.2) is 0 Å². The predicted octanol–water partition coefficient (Wildman–Crippen LogP) is 3.22. The van der Waals surface area contributed by atoms with E-state index < -0.39 is 0 Å². The van der Waals surface area contributed by atoms with Crippen LogP contribution in [0.2, 0.25) is 0 Å². The standard InChI is InChI=1S/C13H19BrN2OS/c1-9(13-11(14)6-8-18-13)15-7-2-3-12(17)16-10-4-5-10/h6,8-10,15H,2-5,7H2,1H3,(H,16,17). The van der Waals surface area contributed by atoms with Crippen LogP contribution in [0.1, 0.15) is 43.5 Å². The molecule has 1 aliphatic rings. The highest BCUT2D eigenvalue weighted by Gasteiger charge is 2.22. The van der Waals surface area contributed by atoms with E-state index >= 15 is 0 Å². The third kappa shape index (κ3) is 4.37. The Morgan fingerprint density at radius 2 is 2.39 bits per heavy atom. The van der Waals surface area contributed by atoms with Crippen molar-refractivity contribution in [2.45, 2.75) is 44.7 Å². The molecule has 1 aromatic heterocycles. The topological polar surface area (TPSA) is 41.1 Å². The molecule has 1 fully saturated rings. The van der Waals surface area contributed by atoms with Gasteiger partial charge in [0.2, 0.25) is 5.91 Å². The van der Waals surface area contributed by atoms with Crippen LogP contribution in [0, 0.1) is 0 Å². The van der Waals surface area contributed by atoms with Crippen molar-refractivity contribution < 1.29 is 4.79 Å². The Morgan fingerprint density at radius 1 is 1.61 bits per heavy atom. The van der Waals surface area contributed by atoms with Gasteiger partial charge in [-0.15, -0.1) is 11.3 Å². The normalized spacial score (nSPS) is 16.6. The zero-order valence-electron chi connectivity index (χ0n) is 10.5. The van der Waals surface area contributed by atoms with Gasteiger partial charge in [0.25, 0.3) is 0 Å². The molecule has 100 valence electrons. The molecule has 18 heavy (non-hydrogen) atoms. The quantitative estimate of drug-likeness (QED) is 0.753. The van der Waals surface area contributed by atoms with Crippen LogP contribution in [0.15, 0.2) is 15.9 Å². The maximum absolute atomic E-state index is 11.5. The van der Waals surface area contributed by atoms with Crippen LogP contribution in [0.25, 0.3) is 0 Å². The maximum Gasteiger partial charge on any atom is 0.220 e. The molecule has 0 spiro atoms. The molecule has 1 aromatic rings. The summed E-state index contributed by atoms with van der Waals surface area (Å²) >= 11 is 5.29. The molecule has 1 aliphatic carbocycles. The van der Waals surface area contributed by atoms with Crippen molar-refractivity contribution in [3.05, 3.63) is 20.8 Å². The number of thiophene rings is 1. The van der Waals surface area contributed by atoms with E-state index in [0.29, 0.717) is 18.5 Å². The summed E-state index contributed by atoms with van der Waals surface area (Å²) in [4.78, 5) is 12.8. The highest BCUT2D eigenvalue weighted by molar-refractivity contribution is 9.10. The van der Waals surface area contributed by atoms with Crippen molar-refractivity contribution >= 4 is 33.2 Å². The van der Waals surface area contributed by atoms with Crippen LogP contribution < -0.4 is 10.6 Å². The lowest BCUT2D eigenvalue weighted by atomic mass is 10.2. The van der Waals surface area contributed by atoms with E-state index in [-0.39, 0.29) is 5.91 Å². The van der Waals surface area contributed by atoms with Crippen LogP contribution >= 0.6 is 27.3 Å². The number of amides is 1. The summed E-state index contributed by atoms with van der Waals surface area (Å²) in [6.45, 7) is 3.03. The minimum Gasteiger partial charge on any atom is -0.353 e. The van der Waals surface area contributed by atoms with E-state index in [9.17, 15) is 4.79 Å². The van der Waals surface area contributed by atoms with Crippen LogP contribution in [-0.4, -0.2) is 18.5 Å². The van der Waals surface area contributed by atoms with E-state index in [1.54, 1.807) is 11.3 Å². The van der Waals surface area contributed by atoms with E-state index in [2.05, 4.69) is 44.9 Å². The Balaban J connectivity index is 1.60. The van der Waals surface area contributed by atoms with E-state index in [4.69, 9.17) is 0 Å². The Morgan fingerprint density at radius 3 is 3.00 bits per heavy atom. The van der Waals surface area contributed by atoms with Gasteiger partial charge in [0, 0.05) is 27.9 Å². The lowest BCUT2D eigenvalue weighted by Crippen LogP contribution is -2.27. The first kappa shape index (κ1) is 14.0. The Labute approximate surface area is 120 Å². The largest absolute Gasteiger partial charge is 0.353 e. The summed E-state index contributed by atoms with van der Waals surface area (Å²) in [5.41, 5.74) is 0. The third-order valence-corrected chi connectivity index (χ3v) is 5.07. The third-order valence-electron chi connectivity index (χ3n) is 3.01. The first-order valence-electron chi connectivity index (χ1n) is 6.42. The van der Waals surface area contributed by atoms with Gasteiger partial charge in [-0.05, 0) is 60.1 Å². The summed E-state index contributed by atoms with van der Waals surface area (Å²) < 4.78 is 1.17. The van der Waals surface area contributed by atoms with Crippen molar-refractivity contribution in [1.29, 1.82) is 0 Å². The molecule has 5 heteroatoms. The van der Waals surface area contributed by atoms with Crippen molar-refractivity contribution in [3.8, 4) is 0 Å². The van der Waals surface area contributed by atoms with Gasteiger partial charge >= 0.3 is 0 Å². The second kappa shape index (κ2) is 6.68. The fourth-order valence-corrected chi connectivity index (χ4v) is 3.55. The molecule has 1 unspecified atom stereocenters. The highest BCUT2D eigenvalue weighted by atomic mass is 79.9. The molecular formula is C13H19BrN2OS. The minimum absolute atomic E-state index is 0.198. The first-order valence-corrected chi connectivity index (χ1v) is 8.09. The molecule has 3 nitrogen and oxygen atoms in total. The molecule has 0 aromatic carbocycles. The molecule has 0 saturated heterocycles. The molecule has 1 heterocycles. The van der Waals surface area contributed by atoms with Gasteiger partial charge in [-0.3, -0.25) is 4.79 Å². The Hall–Kier alpha value is -0.390. The fourth-order valence-electron chi connectivity index (χ4n) is 1.80. The molecule has 1 amide bonds. The van der Waals surface area contributed by atoms with Crippen LogP contribution in [0.4, 0.5) is 0 Å². The zero-order chi connectivity index (χ0) is 13.0. The number of hydrogen-bond donors (Lipinski definition) is 2. The second-order valence-corrected chi connectivity index (χ2v) is 6.56. The van der Waals surface area contributed by atoms with Crippen LogP contribution in [-0.2, 0) is 4.79 Å². The van der Waals surface area contributed by atoms with Crippen LogP contribution in [0.3, 0.4) is 0 Å². The predicted molar refractivity (Wildman–Crippen MR) is 78.8 cm³/mol. The lowest BCUT2D eigenvalue weighted by molar-refractivity contribution is -0.121. The van der Waals surface area contributed by atoms with Crippen molar-refractivity contribution in [2.24, 2.45) is 0 Å². The zero-order valence-corrected chi connectivity index (χ0v) is 12.9. The van der Waals surface area contributed by atoms with Gasteiger partial charge in [-0.25, -0.2) is 0 Å². The number of carbonyl (C=O) groups is 1. The summed E-state index contributed by atoms with van der Waals surface area (Å²) in [7, 11) is 0. The van der Waals surface area contributed by atoms with Gasteiger partial charge in [0.1, 0.15) is 0 Å². The minimum atomic E-state index is 0.198. The molecule has 0 bridgehead atoms. The summed E-state index contributed by atoms with van der Waals surface area (Å²) in [5, 5.41) is 8.54. The summed E-state index contributed by atoms with van der Waals surface area (Å²) in [5.74, 6) is 0.198. The average Bonchev–Trinajstić information content (AvgIpc) is 3.04. The van der Waals surface area contributed by atoms with E-state index in [1.807, 2.05) is 0 Å². The molecule has 2 rings (SSSR count). The molecule has 1 saturated carbocycles. The fraction of sp³-hybridized carbons (Fsp3) is 0.615. The second-order valence-electron chi connectivity index (χ2n) is 4.75. The maximum atomic E-state index is 11.5. The Kier molecular flexibility index (Phi) is 5.21. The molecular weight excluding hydrogens is 312 g/mol. The number of halogens is 1. The number of rotatable bonds is 7. The van der Waals surface area contributed by atoms with Gasteiger partial charge in [0.05, 0.1) is 0 Å². The monoisotopic (exact) mass is 330 g/mol. The van der Waals surface area contributed by atoms with Crippen molar-refractivity contribution in [3.63, 3.8) is 0 Å². The summed E-state index contributed by atoms with van der Waals surface area (Å²) in [6.07, 6.45) is 3.84. The van der Waals surface area contributed by atoms with Gasteiger partial charge in [-0.2, -0.15) is 0 Å². The van der Waals surface area contributed by atoms with E-state index in [0.717, 1.165) is 25.8 Å². The molecule has 0 radical (unpaired) electrons. The van der Waals surface area contributed by atoms with Crippen molar-refractivity contribution in [2.75, 3.05) is 6.54 Å². The molecule has 1 atom stereocenters. The number of hydrogen-bond acceptors (Lipinski definition) is 3. The van der Waals surface area contributed by atoms with Gasteiger partial charge in [-0.1, -0.05) is 0 Å². The smallest absolute Gasteiger partial charge is 0.220 e. The highest BCUT2D eigenvalue weighted by Crippen LogP contribution is 2.28. The first-order chi connectivity index (χ1) is 8.66. The Bertz CT molecular complexity index is 403. The van der Waals surface area contributed by atoms with E-state index in [1.165, 1.54) is 9.35 Å². The number of nitrogens with one attached hydrogen (secondary N) is 2. The molecule has 0 aliphatic heterocycles. The lowest BCUT2D eigenvalue weighted by Gasteiger charge is -2.12. The average molecular weight is 331 g/mol. The number of carbonyl (C=O) groups excluding carboxylic acids is 1. The molecule has 2 N–H and O–H groups in total. The van der Waals surface area contributed by atoms with Crippen molar-refractivity contribution in [1.82, 2.24) is 10.6 Å². The van der Waals surface area contributed by atoms with Gasteiger partial charge < -0.3 is 10.6 Å². The summed E-state index contributed by atoms with van der Waals surface area (Å²) in [6, 6.07) is 2.89. The van der Waals surface area contributed by atoms with Crippen LogP contribution in [0.5, 0.6) is 0 Å². The SMILES string of the molecule is CC(NCCCC(=O)NC1CC1)c1sccc1Br.